The van der Waals surface area contributed by atoms with Gasteiger partial charge in [0, 0.05) is 17.7 Å². The van der Waals surface area contributed by atoms with Crippen LogP contribution in [0, 0.1) is 0 Å². The van der Waals surface area contributed by atoms with Crippen molar-refractivity contribution in [3.8, 4) is 0 Å². The zero-order valence-electron chi connectivity index (χ0n) is 7.96. The fourth-order valence-electron chi connectivity index (χ4n) is 1.63. The van der Waals surface area contributed by atoms with Crippen LogP contribution in [0.15, 0.2) is 18.2 Å². The third kappa shape index (κ3) is 1.41. The molecule has 0 fully saturated rings. The number of nitrogens with one attached hydrogen (secondary N) is 1. The highest BCUT2D eigenvalue weighted by atomic mass is 16.1. The third-order valence-electron chi connectivity index (χ3n) is 2.44. The molecule has 14 heavy (non-hydrogen) atoms. The van der Waals surface area contributed by atoms with Gasteiger partial charge in [-0.1, -0.05) is 12.1 Å². The van der Waals surface area contributed by atoms with Crippen LogP contribution in [0.5, 0.6) is 0 Å². The van der Waals surface area contributed by atoms with Crippen LogP contribution in [0.25, 0.3) is 0 Å². The summed E-state index contributed by atoms with van der Waals surface area (Å²) in [5.74, 6) is -0.0828. The van der Waals surface area contributed by atoms with Crippen LogP contribution >= 0.6 is 0 Å². The van der Waals surface area contributed by atoms with Gasteiger partial charge in [-0.05, 0) is 25.0 Å². The van der Waals surface area contributed by atoms with E-state index in [4.69, 9.17) is 0 Å². The van der Waals surface area contributed by atoms with Crippen molar-refractivity contribution in [1.29, 1.82) is 0 Å². The molecule has 1 aromatic rings. The SMILES string of the molecule is CC(=O)c1ccc2c(c1)C(=O)NCC2. The Balaban J connectivity index is 2.51. The summed E-state index contributed by atoms with van der Waals surface area (Å²) in [5.41, 5.74) is 2.27. The molecule has 0 unspecified atom stereocenters. The summed E-state index contributed by atoms with van der Waals surface area (Å²) < 4.78 is 0. The molecule has 0 spiro atoms. The fourth-order valence-corrected chi connectivity index (χ4v) is 1.63. The molecule has 0 bridgehead atoms. The minimum atomic E-state index is -0.0747. The molecular weight excluding hydrogens is 178 g/mol. The third-order valence-corrected chi connectivity index (χ3v) is 2.44. The Morgan fingerprint density at radius 3 is 2.93 bits per heavy atom. The van der Waals surface area contributed by atoms with Crippen molar-refractivity contribution in [3.63, 3.8) is 0 Å². The first-order valence-corrected chi connectivity index (χ1v) is 4.60. The molecule has 3 heteroatoms. The first kappa shape index (κ1) is 8.94. The van der Waals surface area contributed by atoms with Gasteiger partial charge < -0.3 is 5.32 Å². The largest absolute Gasteiger partial charge is 0.352 e. The molecule has 1 aliphatic rings. The van der Waals surface area contributed by atoms with Gasteiger partial charge in [-0.3, -0.25) is 9.59 Å². The van der Waals surface area contributed by atoms with E-state index in [9.17, 15) is 9.59 Å². The van der Waals surface area contributed by atoms with Gasteiger partial charge >= 0.3 is 0 Å². The summed E-state index contributed by atoms with van der Waals surface area (Å²) in [4.78, 5) is 22.5. The number of hydrogen-bond donors (Lipinski definition) is 1. The number of ketones is 1. The van der Waals surface area contributed by atoms with Crippen LogP contribution in [0.4, 0.5) is 0 Å². The Hall–Kier alpha value is -1.64. The molecule has 1 aromatic carbocycles. The van der Waals surface area contributed by atoms with Crippen molar-refractivity contribution in [2.24, 2.45) is 0 Å². The minimum absolute atomic E-state index is 0.00817. The average Bonchev–Trinajstić information content (AvgIpc) is 2.18. The van der Waals surface area contributed by atoms with Crippen LogP contribution in [-0.4, -0.2) is 18.2 Å². The minimum Gasteiger partial charge on any atom is -0.352 e. The summed E-state index contributed by atoms with van der Waals surface area (Å²) in [6.45, 7) is 2.19. The monoisotopic (exact) mass is 189 g/mol. The first-order chi connectivity index (χ1) is 6.68. The number of amides is 1. The second-order valence-corrected chi connectivity index (χ2v) is 3.43. The van der Waals surface area contributed by atoms with E-state index in [1.807, 2.05) is 6.07 Å². The maximum Gasteiger partial charge on any atom is 0.251 e. The van der Waals surface area contributed by atoms with E-state index in [0.29, 0.717) is 17.7 Å². The Morgan fingerprint density at radius 1 is 1.43 bits per heavy atom. The molecule has 0 atom stereocenters. The first-order valence-electron chi connectivity index (χ1n) is 4.60. The van der Waals surface area contributed by atoms with Crippen molar-refractivity contribution >= 4 is 11.7 Å². The highest BCUT2D eigenvalue weighted by Gasteiger charge is 2.17. The summed E-state index contributed by atoms with van der Waals surface area (Å²) in [6.07, 6.45) is 0.846. The number of benzene rings is 1. The molecule has 1 N–H and O–H groups in total. The van der Waals surface area contributed by atoms with Crippen LogP contribution in [0.1, 0.15) is 33.2 Å². The van der Waals surface area contributed by atoms with E-state index in [1.165, 1.54) is 6.92 Å². The van der Waals surface area contributed by atoms with E-state index in [1.54, 1.807) is 12.1 Å². The molecule has 1 amide bonds. The van der Waals surface area contributed by atoms with Gasteiger partial charge in [0.1, 0.15) is 0 Å². The van der Waals surface area contributed by atoms with Crippen molar-refractivity contribution in [2.45, 2.75) is 13.3 Å². The Morgan fingerprint density at radius 2 is 2.21 bits per heavy atom. The molecule has 72 valence electrons. The van der Waals surface area contributed by atoms with Crippen molar-refractivity contribution in [1.82, 2.24) is 5.32 Å². The fraction of sp³-hybridized carbons (Fsp3) is 0.273. The van der Waals surface area contributed by atoms with E-state index >= 15 is 0 Å². The number of carbonyl (C=O) groups excluding carboxylic acids is 2. The number of fused-ring (bicyclic) bond motifs is 1. The molecular formula is C11H11NO2. The number of carbonyl (C=O) groups is 2. The molecule has 0 aliphatic carbocycles. The van der Waals surface area contributed by atoms with E-state index in [-0.39, 0.29) is 11.7 Å². The quantitative estimate of drug-likeness (QED) is 0.674. The van der Waals surface area contributed by atoms with Gasteiger partial charge in [0.05, 0.1) is 0 Å². The molecule has 0 aromatic heterocycles. The van der Waals surface area contributed by atoms with E-state index < -0.39 is 0 Å². The van der Waals surface area contributed by atoms with E-state index in [0.717, 1.165) is 12.0 Å². The zero-order chi connectivity index (χ0) is 10.1. The van der Waals surface area contributed by atoms with E-state index in [2.05, 4.69) is 5.32 Å². The highest BCUT2D eigenvalue weighted by molar-refractivity contribution is 6.01. The normalized spacial score (nSPS) is 14.5. The number of hydrogen-bond acceptors (Lipinski definition) is 2. The highest BCUT2D eigenvalue weighted by Crippen LogP contribution is 2.16. The molecule has 3 nitrogen and oxygen atoms in total. The number of Topliss-reactive ketones (excluding diaryl/α,β-unsaturated/α-hetero) is 1. The summed E-state index contributed by atoms with van der Waals surface area (Å²) in [6, 6.07) is 5.32. The second kappa shape index (κ2) is 3.25. The lowest BCUT2D eigenvalue weighted by Gasteiger charge is -2.16. The van der Waals surface area contributed by atoms with Gasteiger partial charge in [0.25, 0.3) is 5.91 Å². The van der Waals surface area contributed by atoms with Crippen molar-refractivity contribution in [3.05, 3.63) is 34.9 Å². The summed E-state index contributed by atoms with van der Waals surface area (Å²) >= 11 is 0. The average molecular weight is 189 g/mol. The van der Waals surface area contributed by atoms with Gasteiger partial charge in [-0.15, -0.1) is 0 Å². The van der Waals surface area contributed by atoms with Crippen LogP contribution in [0.2, 0.25) is 0 Å². The predicted octanol–water partition coefficient (Wildman–Crippen LogP) is 1.18. The topological polar surface area (TPSA) is 46.2 Å². The Kier molecular flexibility index (Phi) is 2.08. The van der Waals surface area contributed by atoms with Gasteiger partial charge in [0.15, 0.2) is 5.78 Å². The molecule has 1 aliphatic heterocycles. The van der Waals surface area contributed by atoms with Gasteiger partial charge in [-0.25, -0.2) is 0 Å². The summed E-state index contributed by atoms with van der Waals surface area (Å²) in [7, 11) is 0. The summed E-state index contributed by atoms with van der Waals surface area (Å²) in [5, 5.41) is 2.75. The Bertz CT molecular complexity index is 410. The standard InChI is InChI=1S/C11H11NO2/c1-7(13)9-3-2-8-4-5-12-11(14)10(8)6-9/h2-3,6H,4-5H2,1H3,(H,12,14). The maximum absolute atomic E-state index is 11.4. The molecule has 2 rings (SSSR count). The van der Waals surface area contributed by atoms with Crippen LogP contribution < -0.4 is 5.32 Å². The lowest BCUT2D eigenvalue weighted by atomic mass is 9.97. The molecule has 1 heterocycles. The molecule has 0 radical (unpaired) electrons. The maximum atomic E-state index is 11.4. The molecule has 0 saturated carbocycles. The van der Waals surface area contributed by atoms with Gasteiger partial charge in [-0.2, -0.15) is 0 Å². The van der Waals surface area contributed by atoms with Crippen molar-refractivity contribution < 1.29 is 9.59 Å². The second-order valence-electron chi connectivity index (χ2n) is 3.43. The lowest BCUT2D eigenvalue weighted by molar-refractivity contribution is 0.0946. The van der Waals surface area contributed by atoms with Crippen LogP contribution in [-0.2, 0) is 6.42 Å². The Labute approximate surface area is 82.1 Å². The van der Waals surface area contributed by atoms with Crippen molar-refractivity contribution in [2.75, 3.05) is 6.54 Å². The smallest absolute Gasteiger partial charge is 0.251 e. The zero-order valence-corrected chi connectivity index (χ0v) is 7.96. The van der Waals surface area contributed by atoms with Gasteiger partial charge in [0.2, 0.25) is 0 Å². The molecule has 0 saturated heterocycles. The predicted molar refractivity (Wildman–Crippen MR) is 52.5 cm³/mol. The van der Waals surface area contributed by atoms with Crippen LogP contribution in [0.3, 0.4) is 0 Å². The lowest BCUT2D eigenvalue weighted by Crippen LogP contribution is -2.31. The number of rotatable bonds is 1.